The summed E-state index contributed by atoms with van der Waals surface area (Å²) in [5.74, 6) is -3.13. The molecule has 0 saturated heterocycles. The molecule has 0 spiro atoms. The third kappa shape index (κ3) is 4.88. The van der Waals surface area contributed by atoms with E-state index < -0.39 is 25.2 Å². The quantitative estimate of drug-likeness (QED) is 0.525. The van der Waals surface area contributed by atoms with Crippen molar-refractivity contribution in [2.45, 2.75) is 0 Å². The van der Waals surface area contributed by atoms with Gasteiger partial charge in [0.2, 0.25) is 0 Å². The van der Waals surface area contributed by atoms with Crippen LogP contribution in [0.3, 0.4) is 0 Å². The largest absolute Gasteiger partial charge is 0.870 e. The molecular weight excluding hydrogens is 371 g/mol. The van der Waals surface area contributed by atoms with Crippen molar-refractivity contribution in [1.82, 2.24) is 29.9 Å². The molecule has 0 fully saturated rings. The molecule has 0 aliphatic carbocycles. The van der Waals surface area contributed by atoms with Crippen LogP contribution in [-0.4, -0.2) is 55.1 Å². The molecule has 12 nitrogen and oxygen atoms in total. The Morgan fingerprint density at radius 2 is 0.893 bits per heavy atom. The topological polar surface area (TPSA) is 156 Å². The highest BCUT2D eigenvalue weighted by molar-refractivity contribution is 6.45. The van der Waals surface area contributed by atoms with Gasteiger partial charge in [0.05, 0.1) is 18.6 Å². The summed E-state index contributed by atoms with van der Waals surface area (Å²) in [6.45, 7) is 0. The molecule has 3 aromatic rings. The zero-order valence-corrected chi connectivity index (χ0v) is 13.9. The lowest BCUT2D eigenvalue weighted by Crippen LogP contribution is -2.35. The SMILES string of the molecule is O=C(OB(OC(=O)c1cnccn1)OC(=O)c1cnccn1)c1cnccn1. The number of hydrogen-bond acceptors (Lipinski definition) is 12. The highest BCUT2D eigenvalue weighted by Crippen LogP contribution is 2.06. The first-order chi connectivity index (χ1) is 13.6. The lowest BCUT2D eigenvalue weighted by molar-refractivity contribution is 0.0402. The van der Waals surface area contributed by atoms with E-state index >= 15 is 0 Å². The standard InChI is InChI=1S/C15H9BN6O6/c23-13(10-7-17-1-4-20-10)26-16(27-14(24)11-8-18-2-5-21-11)28-15(25)12-9-19-3-6-22-12/h1-9H. The summed E-state index contributed by atoms with van der Waals surface area (Å²) in [5.41, 5.74) is -0.587. The minimum Gasteiger partial charge on any atom is -0.457 e. The number of aromatic nitrogens is 6. The first kappa shape index (κ1) is 18.5. The van der Waals surface area contributed by atoms with Gasteiger partial charge in [0.1, 0.15) is 0 Å². The molecule has 0 bridgehead atoms. The summed E-state index contributed by atoms with van der Waals surface area (Å²) < 4.78 is 14.7. The Balaban J connectivity index is 1.76. The third-order valence-electron chi connectivity index (χ3n) is 2.93. The smallest absolute Gasteiger partial charge is 0.457 e. The molecule has 0 aliphatic heterocycles. The van der Waals surface area contributed by atoms with E-state index in [9.17, 15) is 14.4 Å². The molecule has 0 atom stereocenters. The third-order valence-corrected chi connectivity index (χ3v) is 2.93. The van der Waals surface area contributed by atoms with Gasteiger partial charge < -0.3 is 14.0 Å². The van der Waals surface area contributed by atoms with Crippen molar-refractivity contribution in [2.75, 3.05) is 0 Å². The van der Waals surface area contributed by atoms with E-state index in [0.717, 1.165) is 18.6 Å². The summed E-state index contributed by atoms with van der Waals surface area (Å²) in [7, 11) is -2.04. The van der Waals surface area contributed by atoms with E-state index in [1.165, 1.54) is 37.2 Å². The van der Waals surface area contributed by atoms with Crippen molar-refractivity contribution in [2.24, 2.45) is 0 Å². The molecule has 0 aromatic carbocycles. The van der Waals surface area contributed by atoms with E-state index in [0.29, 0.717) is 0 Å². The van der Waals surface area contributed by atoms with Gasteiger partial charge in [0, 0.05) is 37.2 Å². The Kier molecular flexibility index (Phi) is 5.87. The molecular formula is C15H9BN6O6. The first-order valence-corrected chi connectivity index (χ1v) is 7.54. The minimum atomic E-state index is -2.04. The van der Waals surface area contributed by atoms with Crippen LogP contribution in [-0.2, 0) is 14.0 Å². The molecule has 0 aliphatic rings. The fraction of sp³-hybridized carbons (Fsp3) is 0. The highest BCUT2D eigenvalue weighted by Gasteiger charge is 2.38. The van der Waals surface area contributed by atoms with E-state index in [4.69, 9.17) is 14.0 Å². The van der Waals surface area contributed by atoms with Gasteiger partial charge >= 0.3 is 25.2 Å². The van der Waals surface area contributed by atoms with Gasteiger partial charge in [-0.05, 0) is 0 Å². The Morgan fingerprint density at radius 3 is 1.14 bits per heavy atom. The zero-order chi connectivity index (χ0) is 19.8. The molecule has 3 heterocycles. The Hall–Kier alpha value is -4.29. The molecule has 13 heteroatoms. The van der Waals surface area contributed by atoms with Gasteiger partial charge in [-0.25, -0.2) is 29.3 Å². The molecule has 0 saturated carbocycles. The fourth-order valence-corrected chi connectivity index (χ4v) is 1.73. The molecule has 138 valence electrons. The van der Waals surface area contributed by atoms with Crippen molar-refractivity contribution in [3.8, 4) is 0 Å². The summed E-state index contributed by atoms with van der Waals surface area (Å²) in [5, 5.41) is 0. The Morgan fingerprint density at radius 1 is 0.571 bits per heavy atom. The van der Waals surface area contributed by atoms with Crippen LogP contribution in [0.1, 0.15) is 31.5 Å². The molecule has 3 rings (SSSR count). The number of nitrogens with zero attached hydrogens (tertiary/aromatic N) is 6. The summed E-state index contributed by atoms with van der Waals surface area (Å²) in [6.07, 6.45) is 11.1. The van der Waals surface area contributed by atoms with E-state index in [2.05, 4.69) is 29.9 Å². The van der Waals surface area contributed by atoms with E-state index in [1.807, 2.05) is 0 Å². The van der Waals surface area contributed by atoms with Gasteiger partial charge in [0.15, 0.2) is 17.1 Å². The van der Waals surface area contributed by atoms with Crippen LogP contribution in [0.4, 0.5) is 0 Å². The molecule has 0 N–H and O–H groups in total. The van der Waals surface area contributed by atoms with Crippen LogP contribution >= 0.6 is 0 Å². The van der Waals surface area contributed by atoms with Crippen LogP contribution in [0.2, 0.25) is 0 Å². The summed E-state index contributed by atoms with van der Waals surface area (Å²) in [6, 6.07) is 0. The van der Waals surface area contributed by atoms with Gasteiger partial charge in [-0.3, -0.25) is 15.0 Å². The molecule has 0 radical (unpaired) electrons. The Labute approximate surface area is 157 Å². The summed E-state index contributed by atoms with van der Waals surface area (Å²) in [4.78, 5) is 58.8. The normalized spacial score (nSPS) is 9.86. The number of carbonyl (C=O) groups is 3. The second-order valence-corrected chi connectivity index (χ2v) is 4.78. The van der Waals surface area contributed by atoms with Crippen LogP contribution in [0.5, 0.6) is 0 Å². The average Bonchev–Trinajstić information content (AvgIpc) is 2.75. The van der Waals surface area contributed by atoms with E-state index in [-0.39, 0.29) is 17.1 Å². The van der Waals surface area contributed by atoms with Gasteiger partial charge in [0.25, 0.3) is 0 Å². The van der Waals surface area contributed by atoms with Gasteiger partial charge in [-0.2, -0.15) is 0 Å². The maximum absolute atomic E-state index is 12.1. The lowest BCUT2D eigenvalue weighted by Gasteiger charge is -2.12. The van der Waals surface area contributed by atoms with E-state index in [1.54, 1.807) is 0 Å². The predicted molar refractivity (Wildman–Crippen MR) is 88.1 cm³/mol. The number of carbonyl (C=O) groups excluding carboxylic acids is 3. The van der Waals surface area contributed by atoms with Crippen molar-refractivity contribution >= 4 is 25.2 Å². The van der Waals surface area contributed by atoms with Crippen molar-refractivity contribution in [1.29, 1.82) is 0 Å². The monoisotopic (exact) mass is 380 g/mol. The summed E-state index contributed by atoms with van der Waals surface area (Å²) >= 11 is 0. The first-order valence-electron chi connectivity index (χ1n) is 7.54. The van der Waals surface area contributed by atoms with Crippen LogP contribution in [0, 0.1) is 0 Å². The second kappa shape index (κ2) is 8.89. The van der Waals surface area contributed by atoms with Gasteiger partial charge in [-0.1, -0.05) is 0 Å². The zero-order valence-electron chi connectivity index (χ0n) is 13.9. The minimum absolute atomic E-state index is 0.196. The van der Waals surface area contributed by atoms with Crippen molar-refractivity contribution in [3.05, 3.63) is 72.9 Å². The maximum atomic E-state index is 12.1. The highest BCUT2D eigenvalue weighted by atomic mass is 16.8. The van der Waals surface area contributed by atoms with Crippen LogP contribution < -0.4 is 0 Å². The number of hydrogen-bond donors (Lipinski definition) is 0. The average molecular weight is 380 g/mol. The van der Waals surface area contributed by atoms with Crippen molar-refractivity contribution in [3.63, 3.8) is 0 Å². The second-order valence-electron chi connectivity index (χ2n) is 4.78. The molecule has 28 heavy (non-hydrogen) atoms. The lowest BCUT2D eigenvalue weighted by atomic mass is 10.2. The van der Waals surface area contributed by atoms with Crippen molar-refractivity contribution < 1.29 is 28.3 Å². The molecule has 3 aromatic heterocycles. The van der Waals surface area contributed by atoms with Crippen LogP contribution in [0.25, 0.3) is 0 Å². The number of rotatable bonds is 6. The Bertz CT molecular complexity index is 835. The molecule has 0 amide bonds. The fourth-order valence-electron chi connectivity index (χ4n) is 1.73. The van der Waals surface area contributed by atoms with Gasteiger partial charge in [-0.15, -0.1) is 0 Å². The maximum Gasteiger partial charge on any atom is 0.870 e. The predicted octanol–water partition coefficient (Wildman–Crippen LogP) is -0.0877. The van der Waals surface area contributed by atoms with Crippen LogP contribution in [0.15, 0.2) is 55.8 Å². The molecule has 0 unspecified atom stereocenters.